The lowest BCUT2D eigenvalue weighted by molar-refractivity contribution is -0.104. The van der Waals surface area contributed by atoms with Gasteiger partial charge in [0.1, 0.15) is 0 Å². The molecule has 0 unspecified atom stereocenters. The largest absolute Gasteiger partial charge is 0.504 e. The zero-order chi connectivity index (χ0) is 22.0. The van der Waals surface area contributed by atoms with E-state index in [1.807, 2.05) is 6.07 Å². The molecule has 31 heavy (non-hydrogen) atoms. The number of hydrogen-bond donors (Lipinski definition) is 4. The summed E-state index contributed by atoms with van der Waals surface area (Å²) in [6.45, 7) is 1.81. The number of carbonyl (C=O) groups is 1. The van der Waals surface area contributed by atoms with Crippen LogP contribution in [0.15, 0.2) is 45.9 Å². The van der Waals surface area contributed by atoms with Gasteiger partial charge in [0.05, 0.1) is 12.2 Å². The van der Waals surface area contributed by atoms with E-state index in [9.17, 15) is 9.90 Å². The molecule has 2 aromatic heterocycles. The lowest BCUT2D eigenvalue weighted by Gasteiger charge is -2.07. The molecule has 9 nitrogen and oxygen atoms in total. The summed E-state index contributed by atoms with van der Waals surface area (Å²) in [5, 5.41) is 19.2. The number of nitrogens with zero attached hydrogens (tertiary/aromatic N) is 2. The molecule has 0 amide bonds. The first-order valence-electron chi connectivity index (χ1n) is 9.47. The van der Waals surface area contributed by atoms with Gasteiger partial charge in [0, 0.05) is 34.9 Å². The van der Waals surface area contributed by atoms with E-state index in [1.165, 1.54) is 6.21 Å². The van der Waals surface area contributed by atoms with Gasteiger partial charge < -0.3 is 25.3 Å². The number of nitrogens with two attached hydrogens (primary N) is 2. The third-order valence-electron chi connectivity index (χ3n) is 4.62. The van der Waals surface area contributed by atoms with Crippen LogP contribution in [0.4, 0.5) is 23.1 Å². The van der Waals surface area contributed by atoms with Crippen LogP contribution < -0.4 is 16.5 Å². The summed E-state index contributed by atoms with van der Waals surface area (Å²) in [6.07, 6.45) is 6.23. The Morgan fingerprint density at radius 2 is 2.23 bits per heavy atom. The van der Waals surface area contributed by atoms with E-state index in [0.29, 0.717) is 28.3 Å². The maximum Gasteiger partial charge on any atom is 0.347 e. The molecule has 0 saturated carbocycles. The molecule has 0 spiro atoms. The molecular formula is C22H20N5O4+. The van der Waals surface area contributed by atoms with E-state index in [2.05, 4.69) is 15.3 Å². The number of furan rings is 1. The zero-order valence-electron chi connectivity index (χ0n) is 16.6. The number of hydrogen-bond acceptors (Lipinski definition) is 8. The third kappa shape index (κ3) is 3.76. The van der Waals surface area contributed by atoms with Gasteiger partial charge in [-0.2, -0.15) is 0 Å². The van der Waals surface area contributed by atoms with Crippen LogP contribution in [0.25, 0.3) is 11.6 Å². The number of rotatable bonds is 6. The Balaban J connectivity index is 1.76. The number of aromatic nitrogens is 1. The molecule has 0 saturated heterocycles. The number of esters is 1. The molecule has 9 heteroatoms. The van der Waals surface area contributed by atoms with E-state index < -0.39 is 5.97 Å². The fourth-order valence-corrected chi connectivity index (χ4v) is 3.14. The average Bonchev–Trinajstić information content (AvgIpc) is 3.30. The van der Waals surface area contributed by atoms with E-state index in [-0.39, 0.29) is 29.6 Å². The van der Waals surface area contributed by atoms with Crippen LogP contribution in [0, 0.1) is 0 Å². The van der Waals surface area contributed by atoms with Crippen molar-refractivity contribution in [3.63, 3.8) is 0 Å². The summed E-state index contributed by atoms with van der Waals surface area (Å²) >= 11 is 0. The Kier molecular flexibility index (Phi) is 5.23. The first-order chi connectivity index (χ1) is 15.0. The monoisotopic (exact) mass is 418 g/mol. The molecule has 1 aromatic carbocycles. The summed E-state index contributed by atoms with van der Waals surface area (Å²) in [7, 11) is 0. The number of pyridine rings is 1. The molecule has 156 valence electrons. The van der Waals surface area contributed by atoms with Crippen molar-refractivity contribution in [3.8, 4) is 5.75 Å². The van der Waals surface area contributed by atoms with Crippen molar-refractivity contribution in [1.82, 2.24) is 4.98 Å². The minimum atomic E-state index is -0.724. The maximum absolute atomic E-state index is 12.5. The molecule has 0 aliphatic carbocycles. The number of benzene rings is 1. The Labute approximate surface area is 177 Å². The van der Waals surface area contributed by atoms with E-state index in [4.69, 9.17) is 20.3 Å². The van der Waals surface area contributed by atoms with Crippen molar-refractivity contribution < 1.29 is 24.5 Å². The van der Waals surface area contributed by atoms with Gasteiger partial charge >= 0.3 is 5.97 Å². The number of aromatic hydroxyl groups is 1. The zero-order valence-corrected chi connectivity index (χ0v) is 16.6. The number of ether oxygens (including phenoxy) is 1. The van der Waals surface area contributed by atoms with Crippen LogP contribution >= 0.6 is 0 Å². The molecule has 4 rings (SSSR count). The average molecular weight is 418 g/mol. The first-order valence-corrected chi connectivity index (χ1v) is 9.47. The van der Waals surface area contributed by atoms with Crippen LogP contribution in [0.5, 0.6) is 5.75 Å². The number of nitrogen functional groups attached to an aromatic ring is 1. The number of fused-ring (bicyclic) bond motifs is 1. The predicted octanol–water partition coefficient (Wildman–Crippen LogP) is 2.32. The van der Waals surface area contributed by atoms with E-state index in [1.54, 1.807) is 49.7 Å². The highest BCUT2D eigenvalue weighted by atomic mass is 16.5. The molecule has 0 bridgehead atoms. The van der Waals surface area contributed by atoms with Gasteiger partial charge in [-0.05, 0) is 43.3 Å². The van der Waals surface area contributed by atoms with Crippen molar-refractivity contribution >= 4 is 53.1 Å². The van der Waals surface area contributed by atoms with Crippen molar-refractivity contribution in [3.05, 3.63) is 59.0 Å². The topological polar surface area (TPSA) is 149 Å². The quantitative estimate of drug-likeness (QED) is 0.273. The van der Waals surface area contributed by atoms with E-state index in [0.717, 1.165) is 5.56 Å². The molecule has 0 fully saturated rings. The highest BCUT2D eigenvalue weighted by Gasteiger charge is 2.27. The van der Waals surface area contributed by atoms with Crippen LogP contribution in [0.2, 0.25) is 0 Å². The Morgan fingerprint density at radius 1 is 1.39 bits per heavy atom. The minimum absolute atomic E-state index is 0.0213. The van der Waals surface area contributed by atoms with Gasteiger partial charge in [0.2, 0.25) is 5.88 Å². The van der Waals surface area contributed by atoms with E-state index >= 15 is 0 Å². The summed E-state index contributed by atoms with van der Waals surface area (Å²) in [4.78, 5) is 20.9. The molecule has 1 aliphatic heterocycles. The molecule has 1 aliphatic rings. The summed E-state index contributed by atoms with van der Waals surface area (Å²) in [5.74, 6) is -0.412. The Hall–Kier alpha value is -4.40. The second kappa shape index (κ2) is 8.15. The second-order valence-corrected chi connectivity index (χ2v) is 6.61. The molecule has 6 N–H and O–H groups in total. The lowest BCUT2D eigenvalue weighted by atomic mass is 10.1. The van der Waals surface area contributed by atoms with Gasteiger partial charge in [-0.1, -0.05) is 0 Å². The standard InChI is InChI=1S/C22H19N5O4/c1-2-30-22(29)18-19(28)17(8-13-11-26-20-15(13)4-3-7-25-20)31-21(18)27-14-6-5-12(10-23)16(24)9-14/h3-11,23,27-28H,2,24H2,1H3/p+1. The Morgan fingerprint density at radius 3 is 2.97 bits per heavy atom. The fraction of sp³-hybridized carbons (Fsp3) is 0.0909. The molecular weight excluding hydrogens is 398 g/mol. The van der Waals surface area contributed by atoms with Gasteiger partial charge in [-0.25, -0.2) is 14.8 Å². The van der Waals surface area contributed by atoms with Crippen LogP contribution in [-0.4, -0.2) is 35.1 Å². The highest BCUT2D eigenvalue weighted by molar-refractivity contribution is 6.21. The number of aliphatic imine (C=N–C) groups is 1. The third-order valence-corrected chi connectivity index (χ3v) is 4.62. The van der Waals surface area contributed by atoms with Gasteiger partial charge in [-0.15, -0.1) is 0 Å². The molecule has 3 aromatic rings. The van der Waals surface area contributed by atoms with Crippen LogP contribution in [0.3, 0.4) is 0 Å². The first kappa shape index (κ1) is 19.9. The highest BCUT2D eigenvalue weighted by Crippen LogP contribution is 2.39. The van der Waals surface area contributed by atoms with Crippen molar-refractivity contribution in [1.29, 1.82) is 0 Å². The maximum atomic E-state index is 12.5. The van der Waals surface area contributed by atoms with Crippen molar-refractivity contribution in [2.75, 3.05) is 17.7 Å². The Bertz CT molecular complexity index is 1240. The van der Waals surface area contributed by atoms with Crippen LogP contribution in [0.1, 0.15) is 34.2 Å². The lowest BCUT2D eigenvalue weighted by Crippen LogP contribution is -2.30. The smallest absolute Gasteiger partial charge is 0.347 e. The van der Waals surface area contributed by atoms with Gasteiger partial charge in [0.15, 0.2) is 29.1 Å². The normalized spacial score (nSPS) is 13.3. The SMILES string of the molecule is CCOC(=O)c1c(Nc2ccc(C=[NH2+])c(N)c2)oc(C=C2C=Nc3ncccc32)c1O. The number of allylic oxidation sites excluding steroid dienone is 1. The molecule has 0 radical (unpaired) electrons. The number of anilines is 3. The summed E-state index contributed by atoms with van der Waals surface area (Å²) in [5.41, 5.74) is 8.95. The van der Waals surface area contributed by atoms with Gasteiger partial charge in [0.25, 0.3) is 0 Å². The summed E-state index contributed by atoms with van der Waals surface area (Å²) in [6, 6.07) is 8.70. The number of nitrogens with one attached hydrogen (secondary N) is 1. The number of carbonyl (C=O) groups excluding carboxylic acids is 1. The van der Waals surface area contributed by atoms with Crippen LogP contribution in [-0.2, 0) is 4.74 Å². The minimum Gasteiger partial charge on any atom is -0.504 e. The molecule has 0 atom stereocenters. The predicted molar refractivity (Wildman–Crippen MR) is 118 cm³/mol. The van der Waals surface area contributed by atoms with Gasteiger partial charge in [-0.3, -0.25) is 5.41 Å². The second-order valence-electron chi connectivity index (χ2n) is 6.61. The van der Waals surface area contributed by atoms with Crippen molar-refractivity contribution in [2.24, 2.45) is 4.99 Å². The summed E-state index contributed by atoms with van der Waals surface area (Å²) < 4.78 is 10.9. The molecule has 3 heterocycles. The van der Waals surface area contributed by atoms with Crippen molar-refractivity contribution in [2.45, 2.75) is 6.92 Å². The fourth-order valence-electron chi connectivity index (χ4n) is 3.14.